The van der Waals surface area contributed by atoms with Gasteiger partial charge in [0, 0.05) is 18.8 Å². The van der Waals surface area contributed by atoms with Gasteiger partial charge in [-0.15, -0.1) is 11.3 Å². The molecule has 0 saturated carbocycles. The van der Waals surface area contributed by atoms with Gasteiger partial charge in [-0.05, 0) is 68.7 Å². The van der Waals surface area contributed by atoms with E-state index in [9.17, 15) is 0 Å². The van der Waals surface area contributed by atoms with E-state index in [1.165, 1.54) is 4.88 Å². The summed E-state index contributed by atoms with van der Waals surface area (Å²) in [5, 5.41) is 4.06. The molecule has 1 atom stereocenters. The van der Waals surface area contributed by atoms with Crippen molar-refractivity contribution in [2.45, 2.75) is 6.04 Å². The molecule has 18 heavy (non-hydrogen) atoms. The summed E-state index contributed by atoms with van der Waals surface area (Å²) in [6.45, 7) is 0. The van der Waals surface area contributed by atoms with E-state index in [0.29, 0.717) is 0 Å². The zero-order valence-corrected chi connectivity index (χ0v) is 15.6. The zero-order chi connectivity index (χ0) is 13.3. The highest BCUT2D eigenvalue weighted by Gasteiger charge is 2.18. The number of thiophene rings is 1. The second kappa shape index (κ2) is 6.37. The highest BCUT2D eigenvalue weighted by molar-refractivity contribution is 9.13. The summed E-state index contributed by atoms with van der Waals surface area (Å²) >= 11 is 18.4. The Bertz CT molecular complexity index is 551. The molecule has 0 aliphatic heterocycles. The molecule has 1 heterocycles. The fraction of sp³-hybridized carbons (Fsp3) is 0.167. The molecule has 0 aliphatic carbocycles. The van der Waals surface area contributed by atoms with Crippen molar-refractivity contribution in [1.82, 2.24) is 5.32 Å². The molecule has 0 fully saturated rings. The van der Waals surface area contributed by atoms with Crippen molar-refractivity contribution >= 4 is 70.7 Å². The average molecular weight is 474 g/mol. The first-order valence-electron chi connectivity index (χ1n) is 5.10. The van der Waals surface area contributed by atoms with Crippen LogP contribution in [0.4, 0.5) is 0 Å². The standard InChI is InChI=1S/C12H9Br3ClNS/c1-17-11(10-5-9(14)12(15)18-10)7-4-6(16)2-3-8(7)13/h2-5,11,17H,1H3. The maximum atomic E-state index is 6.08. The average Bonchev–Trinajstić information content (AvgIpc) is 2.65. The third-order valence-corrected chi connectivity index (χ3v) is 6.78. The van der Waals surface area contributed by atoms with Gasteiger partial charge in [0.05, 0.1) is 9.83 Å². The van der Waals surface area contributed by atoms with Crippen LogP contribution >= 0.6 is 70.7 Å². The van der Waals surface area contributed by atoms with Crippen molar-refractivity contribution in [1.29, 1.82) is 0 Å². The summed E-state index contributed by atoms with van der Waals surface area (Å²) < 4.78 is 3.21. The van der Waals surface area contributed by atoms with Gasteiger partial charge in [0.15, 0.2) is 0 Å². The minimum Gasteiger partial charge on any atom is -0.309 e. The second-order valence-electron chi connectivity index (χ2n) is 3.66. The van der Waals surface area contributed by atoms with E-state index >= 15 is 0 Å². The Hall–Kier alpha value is 0.610. The van der Waals surface area contributed by atoms with Crippen LogP contribution in [0.25, 0.3) is 0 Å². The van der Waals surface area contributed by atoms with Crippen molar-refractivity contribution in [3.05, 3.63) is 52.5 Å². The first kappa shape index (κ1) is 15.0. The van der Waals surface area contributed by atoms with Gasteiger partial charge in [-0.25, -0.2) is 0 Å². The van der Waals surface area contributed by atoms with Crippen molar-refractivity contribution in [3.8, 4) is 0 Å². The minimum absolute atomic E-state index is 0.116. The summed E-state index contributed by atoms with van der Waals surface area (Å²) in [6, 6.07) is 8.06. The highest BCUT2D eigenvalue weighted by atomic mass is 79.9. The summed E-state index contributed by atoms with van der Waals surface area (Å²) in [6.07, 6.45) is 0. The Kier molecular flexibility index (Phi) is 5.31. The van der Waals surface area contributed by atoms with Gasteiger partial charge >= 0.3 is 0 Å². The van der Waals surface area contributed by atoms with E-state index in [1.54, 1.807) is 11.3 Å². The summed E-state index contributed by atoms with van der Waals surface area (Å²) in [5.74, 6) is 0. The van der Waals surface area contributed by atoms with E-state index in [2.05, 4.69) is 59.2 Å². The van der Waals surface area contributed by atoms with E-state index in [-0.39, 0.29) is 6.04 Å². The fourth-order valence-electron chi connectivity index (χ4n) is 1.69. The third kappa shape index (κ3) is 3.19. The quantitative estimate of drug-likeness (QED) is 0.576. The van der Waals surface area contributed by atoms with Gasteiger partial charge in [0.1, 0.15) is 0 Å². The molecule has 0 aliphatic rings. The van der Waals surface area contributed by atoms with Crippen molar-refractivity contribution in [2.24, 2.45) is 0 Å². The van der Waals surface area contributed by atoms with E-state index in [0.717, 1.165) is 23.3 Å². The van der Waals surface area contributed by atoms with E-state index in [1.807, 2.05) is 25.2 Å². The summed E-state index contributed by atoms with van der Waals surface area (Å²) in [5.41, 5.74) is 1.13. The molecule has 1 nitrogen and oxygen atoms in total. The van der Waals surface area contributed by atoms with Gasteiger partial charge in [-0.3, -0.25) is 0 Å². The second-order valence-corrected chi connectivity index (χ2v) is 8.20. The molecule has 0 saturated heterocycles. The molecule has 2 rings (SSSR count). The van der Waals surface area contributed by atoms with Crippen LogP contribution in [0.15, 0.2) is 37.0 Å². The van der Waals surface area contributed by atoms with Crippen LogP contribution in [-0.4, -0.2) is 7.05 Å². The van der Waals surface area contributed by atoms with Gasteiger partial charge in [0.25, 0.3) is 0 Å². The molecule has 1 aromatic carbocycles. The molecule has 1 unspecified atom stereocenters. The Balaban J connectivity index is 2.48. The first-order chi connectivity index (χ1) is 8.52. The van der Waals surface area contributed by atoms with E-state index in [4.69, 9.17) is 11.6 Å². The number of halogens is 4. The molecule has 0 bridgehead atoms. The van der Waals surface area contributed by atoms with Crippen LogP contribution in [-0.2, 0) is 0 Å². The lowest BCUT2D eigenvalue weighted by Crippen LogP contribution is -2.16. The van der Waals surface area contributed by atoms with Gasteiger partial charge in [-0.2, -0.15) is 0 Å². The molecule has 1 aromatic heterocycles. The lowest BCUT2D eigenvalue weighted by molar-refractivity contribution is 0.701. The normalized spacial score (nSPS) is 12.7. The molecule has 0 radical (unpaired) electrons. The lowest BCUT2D eigenvalue weighted by atomic mass is 10.1. The number of rotatable bonds is 3. The van der Waals surface area contributed by atoms with Gasteiger partial charge < -0.3 is 5.32 Å². The van der Waals surface area contributed by atoms with Crippen molar-refractivity contribution < 1.29 is 0 Å². The first-order valence-corrected chi connectivity index (χ1v) is 8.67. The maximum absolute atomic E-state index is 6.08. The zero-order valence-electron chi connectivity index (χ0n) is 9.31. The Labute approximate surface area is 140 Å². The molecular weight excluding hydrogens is 465 g/mol. The SMILES string of the molecule is CNC(c1cc(Br)c(Br)s1)c1cc(Cl)ccc1Br. The topological polar surface area (TPSA) is 12.0 Å². The highest BCUT2D eigenvalue weighted by Crippen LogP contribution is 2.39. The number of hydrogen-bond donors (Lipinski definition) is 1. The van der Waals surface area contributed by atoms with Crippen molar-refractivity contribution in [3.63, 3.8) is 0 Å². The van der Waals surface area contributed by atoms with E-state index < -0.39 is 0 Å². The van der Waals surface area contributed by atoms with Gasteiger partial charge in [0.2, 0.25) is 0 Å². The van der Waals surface area contributed by atoms with Crippen LogP contribution < -0.4 is 5.32 Å². The molecule has 2 aromatic rings. The summed E-state index contributed by atoms with van der Waals surface area (Å²) in [7, 11) is 1.94. The third-order valence-electron chi connectivity index (χ3n) is 2.51. The fourth-order valence-corrected chi connectivity index (χ4v) is 4.57. The number of nitrogens with one attached hydrogen (secondary N) is 1. The number of hydrogen-bond acceptors (Lipinski definition) is 2. The predicted octanol–water partition coefficient (Wildman–Crippen LogP) is 6.00. The molecule has 6 heteroatoms. The maximum Gasteiger partial charge on any atom is 0.0843 e. The molecule has 96 valence electrons. The smallest absolute Gasteiger partial charge is 0.0843 e. The minimum atomic E-state index is 0.116. The Morgan fingerprint density at radius 3 is 2.44 bits per heavy atom. The number of benzene rings is 1. The van der Waals surface area contributed by atoms with Crippen LogP contribution in [0.5, 0.6) is 0 Å². The predicted molar refractivity (Wildman–Crippen MR) is 89.8 cm³/mol. The van der Waals surface area contributed by atoms with Crippen LogP contribution in [0.2, 0.25) is 5.02 Å². The largest absolute Gasteiger partial charge is 0.309 e. The van der Waals surface area contributed by atoms with Crippen LogP contribution in [0, 0.1) is 0 Å². The Morgan fingerprint density at radius 2 is 1.89 bits per heavy atom. The van der Waals surface area contributed by atoms with Gasteiger partial charge in [-0.1, -0.05) is 27.5 Å². The summed E-state index contributed by atoms with van der Waals surface area (Å²) in [4.78, 5) is 1.22. The molecule has 1 N–H and O–H groups in total. The molecular formula is C12H9Br3ClNS. The van der Waals surface area contributed by atoms with Crippen molar-refractivity contribution in [2.75, 3.05) is 7.05 Å². The Morgan fingerprint density at radius 1 is 1.17 bits per heavy atom. The monoisotopic (exact) mass is 471 g/mol. The van der Waals surface area contributed by atoms with Crippen LogP contribution in [0.3, 0.4) is 0 Å². The molecule has 0 spiro atoms. The van der Waals surface area contributed by atoms with Crippen LogP contribution in [0.1, 0.15) is 16.5 Å². The lowest BCUT2D eigenvalue weighted by Gasteiger charge is -2.17. The molecule has 0 amide bonds.